The van der Waals surface area contributed by atoms with Gasteiger partial charge in [0.25, 0.3) is 11.6 Å². The molecule has 0 atom stereocenters. The third kappa shape index (κ3) is 3.98. The van der Waals surface area contributed by atoms with E-state index in [1.54, 1.807) is 6.92 Å². The molecule has 0 saturated heterocycles. The molecule has 1 heterocycles. The number of carbonyl (C=O) groups is 1. The van der Waals surface area contributed by atoms with Crippen LogP contribution in [0.5, 0.6) is 5.75 Å². The minimum atomic E-state index is -0.466. The maximum atomic E-state index is 11.7. The normalized spacial score (nSPS) is 10.3. The molecule has 22 heavy (non-hydrogen) atoms. The SMILES string of the molecule is CCc1nnc(NC(=O)COc2ccc([N+](=O)[O-])c(C)c2)s1. The van der Waals surface area contributed by atoms with Gasteiger partial charge in [-0.2, -0.15) is 0 Å². The summed E-state index contributed by atoms with van der Waals surface area (Å²) in [5, 5.41) is 22.3. The lowest BCUT2D eigenvalue weighted by molar-refractivity contribution is -0.385. The Kier molecular flexibility index (Phi) is 4.99. The van der Waals surface area contributed by atoms with Crippen LogP contribution in [-0.4, -0.2) is 27.6 Å². The summed E-state index contributed by atoms with van der Waals surface area (Å²) in [6, 6.07) is 4.32. The second-order valence-corrected chi connectivity index (χ2v) is 5.46. The molecule has 1 amide bonds. The number of aromatic nitrogens is 2. The van der Waals surface area contributed by atoms with Crippen molar-refractivity contribution >= 4 is 28.1 Å². The average molecular weight is 322 g/mol. The predicted molar refractivity (Wildman–Crippen MR) is 81.2 cm³/mol. The highest BCUT2D eigenvalue weighted by molar-refractivity contribution is 7.15. The zero-order valence-electron chi connectivity index (χ0n) is 12.0. The van der Waals surface area contributed by atoms with Crippen LogP contribution in [0.25, 0.3) is 0 Å². The highest BCUT2D eigenvalue weighted by atomic mass is 32.1. The van der Waals surface area contributed by atoms with E-state index < -0.39 is 4.92 Å². The van der Waals surface area contributed by atoms with Crippen LogP contribution in [0.4, 0.5) is 10.8 Å². The Hall–Kier alpha value is -2.55. The van der Waals surface area contributed by atoms with Gasteiger partial charge in [-0.15, -0.1) is 10.2 Å². The van der Waals surface area contributed by atoms with Crippen LogP contribution in [0.3, 0.4) is 0 Å². The number of rotatable bonds is 6. The number of hydrogen-bond donors (Lipinski definition) is 1. The molecule has 1 N–H and O–H groups in total. The fourth-order valence-electron chi connectivity index (χ4n) is 1.67. The number of carbonyl (C=O) groups excluding carboxylic acids is 1. The van der Waals surface area contributed by atoms with Crippen molar-refractivity contribution in [3.05, 3.63) is 38.9 Å². The highest BCUT2D eigenvalue weighted by Crippen LogP contribution is 2.23. The fraction of sp³-hybridized carbons (Fsp3) is 0.308. The molecule has 8 nitrogen and oxygen atoms in total. The van der Waals surface area contributed by atoms with E-state index in [2.05, 4.69) is 15.5 Å². The number of nitro benzene ring substituents is 1. The third-order valence-electron chi connectivity index (χ3n) is 2.75. The largest absolute Gasteiger partial charge is 0.484 e. The highest BCUT2D eigenvalue weighted by Gasteiger charge is 2.12. The average Bonchev–Trinajstić information content (AvgIpc) is 2.92. The predicted octanol–water partition coefficient (Wildman–Crippen LogP) is 2.33. The first kappa shape index (κ1) is 15.8. The Morgan fingerprint density at radius 1 is 1.45 bits per heavy atom. The van der Waals surface area contributed by atoms with Crippen LogP contribution in [-0.2, 0) is 11.2 Å². The summed E-state index contributed by atoms with van der Waals surface area (Å²) in [4.78, 5) is 22.0. The molecule has 9 heteroatoms. The van der Waals surface area contributed by atoms with Crippen molar-refractivity contribution in [1.82, 2.24) is 10.2 Å². The quantitative estimate of drug-likeness (QED) is 0.646. The number of nitro groups is 1. The molecular weight excluding hydrogens is 308 g/mol. The maximum Gasteiger partial charge on any atom is 0.272 e. The van der Waals surface area contributed by atoms with Gasteiger partial charge in [-0.3, -0.25) is 20.2 Å². The number of ether oxygens (including phenoxy) is 1. The molecule has 0 aliphatic rings. The number of aryl methyl sites for hydroxylation is 2. The summed E-state index contributed by atoms with van der Waals surface area (Å²) < 4.78 is 5.31. The molecule has 2 rings (SSSR count). The standard InChI is InChI=1S/C13H14N4O4S/c1-3-12-15-16-13(22-12)14-11(18)7-21-9-4-5-10(17(19)20)8(2)6-9/h4-6H,3,7H2,1-2H3,(H,14,16,18). The van der Waals surface area contributed by atoms with E-state index in [0.717, 1.165) is 11.4 Å². The molecule has 0 radical (unpaired) electrons. The summed E-state index contributed by atoms with van der Waals surface area (Å²) in [6.45, 7) is 3.35. The van der Waals surface area contributed by atoms with Crippen LogP contribution in [0.15, 0.2) is 18.2 Å². The second-order valence-electron chi connectivity index (χ2n) is 4.40. The van der Waals surface area contributed by atoms with E-state index in [1.165, 1.54) is 29.5 Å². The Morgan fingerprint density at radius 2 is 2.23 bits per heavy atom. The van der Waals surface area contributed by atoms with Gasteiger partial charge in [-0.1, -0.05) is 18.3 Å². The first-order chi connectivity index (χ1) is 10.5. The molecule has 0 fully saturated rings. The Labute approximate surface area is 130 Å². The molecule has 1 aromatic heterocycles. The smallest absolute Gasteiger partial charge is 0.272 e. The first-order valence-electron chi connectivity index (χ1n) is 6.49. The Balaban J connectivity index is 1.90. The Morgan fingerprint density at radius 3 is 2.82 bits per heavy atom. The summed E-state index contributed by atoms with van der Waals surface area (Å²) in [7, 11) is 0. The third-order valence-corrected chi connectivity index (χ3v) is 3.73. The summed E-state index contributed by atoms with van der Waals surface area (Å²) >= 11 is 1.31. The van der Waals surface area contributed by atoms with Crippen molar-refractivity contribution in [2.75, 3.05) is 11.9 Å². The van der Waals surface area contributed by atoms with Crippen molar-refractivity contribution in [3.8, 4) is 5.75 Å². The van der Waals surface area contributed by atoms with Crippen LogP contribution in [0, 0.1) is 17.0 Å². The number of amides is 1. The van der Waals surface area contributed by atoms with Crippen molar-refractivity contribution < 1.29 is 14.5 Å². The van der Waals surface area contributed by atoms with E-state index in [0.29, 0.717) is 16.4 Å². The van der Waals surface area contributed by atoms with Crippen LogP contribution in [0.1, 0.15) is 17.5 Å². The molecule has 116 valence electrons. The number of benzene rings is 1. The monoisotopic (exact) mass is 322 g/mol. The molecule has 0 aliphatic heterocycles. The molecule has 2 aromatic rings. The van der Waals surface area contributed by atoms with E-state index >= 15 is 0 Å². The molecular formula is C13H14N4O4S. The summed E-state index contributed by atoms with van der Waals surface area (Å²) in [6.07, 6.45) is 0.756. The van der Waals surface area contributed by atoms with Crippen LogP contribution >= 0.6 is 11.3 Å². The topological polar surface area (TPSA) is 107 Å². The van der Waals surface area contributed by atoms with Gasteiger partial charge in [0.05, 0.1) is 4.92 Å². The lowest BCUT2D eigenvalue weighted by atomic mass is 10.2. The van der Waals surface area contributed by atoms with Gasteiger partial charge in [0.1, 0.15) is 10.8 Å². The maximum absolute atomic E-state index is 11.7. The summed E-state index contributed by atoms with van der Waals surface area (Å²) in [5.74, 6) is 0.0274. The van der Waals surface area contributed by atoms with Crippen LogP contribution in [0.2, 0.25) is 0 Å². The van der Waals surface area contributed by atoms with Crippen molar-refractivity contribution in [3.63, 3.8) is 0 Å². The van der Waals surface area contributed by atoms with Crippen molar-refractivity contribution in [2.24, 2.45) is 0 Å². The minimum Gasteiger partial charge on any atom is -0.484 e. The lowest BCUT2D eigenvalue weighted by Gasteiger charge is -2.06. The molecule has 0 aliphatic carbocycles. The van der Waals surface area contributed by atoms with E-state index in [9.17, 15) is 14.9 Å². The van der Waals surface area contributed by atoms with E-state index in [-0.39, 0.29) is 18.2 Å². The fourth-order valence-corrected chi connectivity index (χ4v) is 2.37. The van der Waals surface area contributed by atoms with Gasteiger partial charge in [0.2, 0.25) is 5.13 Å². The number of hydrogen-bond acceptors (Lipinski definition) is 7. The minimum absolute atomic E-state index is 0.0118. The Bertz CT molecular complexity index is 701. The molecule has 0 bridgehead atoms. The molecule has 0 saturated carbocycles. The van der Waals surface area contributed by atoms with Crippen molar-refractivity contribution in [1.29, 1.82) is 0 Å². The molecule has 0 spiro atoms. The van der Waals surface area contributed by atoms with Gasteiger partial charge < -0.3 is 4.74 Å². The zero-order chi connectivity index (χ0) is 16.1. The van der Waals surface area contributed by atoms with Gasteiger partial charge in [-0.05, 0) is 25.5 Å². The van der Waals surface area contributed by atoms with Crippen LogP contribution < -0.4 is 10.1 Å². The zero-order valence-corrected chi connectivity index (χ0v) is 12.8. The van der Waals surface area contributed by atoms with Crippen molar-refractivity contribution in [2.45, 2.75) is 20.3 Å². The molecule has 0 unspecified atom stereocenters. The second kappa shape index (κ2) is 6.94. The van der Waals surface area contributed by atoms with Gasteiger partial charge in [0, 0.05) is 11.6 Å². The first-order valence-corrected chi connectivity index (χ1v) is 7.31. The van der Waals surface area contributed by atoms with E-state index in [4.69, 9.17) is 4.74 Å². The lowest BCUT2D eigenvalue weighted by Crippen LogP contribution is -2.20. The number of nitrogens with one attached hydrogen (secondary N) is 1. The van der Waals surface area contributed by atoms with E-state index in [1.807, 2.05) is 6.92 Å². The van der Waals surface area contributed by atoms with Gasteiger partial charge >= 0.3 is 0 Å². The number of anilines is 1. The molecule has 1 aromatic carbocycles. The number of nitrogens with zero attached hydrogens (tertiary/aromatic N) is 3. The van der Waals surface area contributed by atoms with Gasteiger partial charge in [0.15, 0.2) is 6.61 Å². The summed E-state index contributed by atoms with van der Waals surface area (Å²) in [5.41, 5.74) is 0.484. The van der Waals surface area contributed by atoms with Gasteiger partial charge in [-0.25, -0.2) is 0 Å².